The van der Waals surface area contributed by atoms with E-state index in [2.05, 4.69) is 19.9 Å². The van der Waals surface area contributed by atoms with Gasteiger partial charge >= 0.3 is 0 Å². The van der Waals surface area contributed by atoms with Gasteiger partial charge in [0.05, 0.1) is 6.10 Å². The Bertz CT molecular complexity index is 453. The second-order valence-corrected chi connectivity index (χ2v) is 8.77. The van der Waals surface area contributed by atoms with E-state index >= 15 is 0 Å². The largest absolute Gasteiger partial charge is 0.393 e. The van der Waals surface area contributed by atoms with E-state index < -0.39 is 0 Å². The van der Waals surface area contributed by atoms with E-state index in [1.165, 1.54) is 57.8 Å². The van der Waals surface area contributed by atoms with Crippen molar-refractivity contribution >= 4 is 0 Å². The molecule has 0 aliphatic heterocycles. The maximum Gasteiger partial charge on any atom is 0.0585 e. The van der Waals surface area contributed by atoms with Crippen LogP contribution >= 0.6 is 0 Å². The first-order chi connectivity index (χ1) is 10.1. The second-order valence-electron chi connectivity index (χ2n) is 8.77. The van der Waals surface area contributed by atoms with Crippen LogP contribution in [0.25, 0.3) is 0 Å². The molecule has 1 N–H and O–H groups in total. The molecule has 3 saturated carbocycles. The van der Waals surface area contributed by atoms with Crippen LogP contribution in [0.4, 0.5) is 0 Å². The molecule has 0 radical (unpaired) electrons. The second kappa shape index (κ2) is 4.85. The van der Waals surface area contributed by atoms with E-state index in [1.807, 2.05) is 0 Å². The lowest BCUT2D eigenvalue weighted by molar-refractivity contribution is -0.117. The predicted octanol–water partition coefficient (Wildman–Crippen LogP) is 5.09. The lowest BCUT2D eigenvalue weighted by atomic mass is 9.47. The Hall–Kier alpha value is -0.300. The topological polar surface area (TPSA) is 20.2 Å². The minimum atomic E-state index is -0.0453. The Labute approximate surface area is 130 Å². The summed E-state index contributed by atoms with van der Waals surface area (Å²) >= 11 is 0. The van der Waals surface area contributed by atoms with Gasteiger partial charge in [-0.15, -0.1) is 0 Å². The fourth-order valence-corrected chi connectivity index (χ4v) is 7.21. The van der Waals surface area contributed by atoms with E-state index in [-0.39, 0.29) is 6.10 Å². The van der Waals surface area contributed by atoms with Crippen LogP contribution in [0.3, 0.4) is 0 Å². The van der Waals surface area contributed by atoms with Crippen molar-refractivity contribution in [3.63, 3.8) is 0 Å². The van der Waals surface area contributed by atoms with Crippen LogP contribution < -0.4 is 0 Å². The Morgan fingerprint density at radius 1 is 1.24 bits per heavy atom. The fraction of sp³-hybridized carbons (Fsp3) is 0.900. The molecule has 4 aliphatic carbocycles. The van der Waals surface area contributed by atoms with Crippen molar-refractivity contribution in [2.24, 2.45) is 28.6 Å². The third kappa shape index (κ3) is 1.85. The summed E-state index contributed by atoms with van der Waals surface area (Å²) < 4.78 is 0. The summed E-state index contributed by atoms with van der Waals surface area (Å²) in [6.07, 6.45) is 15.8. The molecule has 1 nitrogen and oxygen atoms in total. The minimum Gasteiger partial charge on any atom is -0.393 e. The maximum absolute atomic E-state index is 11.1. The van der Waals surface area contributed by atoms with Gasteiger partial charge in [-0.1, -0.05) is 44.8 Å². The van der Waals surface area contributed by atoms with Gasteiger partial charge in [0.1, 0.15) is 0 Å². The molecule has 118 valence electrons. The number of aliphatic hydroxyl groups excluding tert-OH is 1. The zero-order valence-electron chi connectivity index (χ0n) is 13.9. The predicted molar refractivity (Wildman–Crippen MR) is 86.9 cm³/mol. The highest BCUT2D eigenvalue weighted by Crippen LogP contribution is 2.65. The molecule has 4 rings (SSSR count). The average Bonchev–Trinajstić information content (AvgIpc) is 2.90. The van der Waals surface area contributed by atoms with Crippen molar-refractivity contribution in [3.8, 4) is 0 Å². The molecule has 0 aromatic carbocycles. The summed E-state index contributed by atoms with van der Waals surface area (Å²) in [4.78, 5) is 0. The molecular weight excluding hydrogens is 256 g/mol. The fourth-order valence-electron chi connectivity index (χ4n) is 7.21. The number of aliphatic hydroxyl groups is 1. The molecule has 21 heavy (non-hydrogen) atoms. The lowest BCUT2D eigenvalue weighted by Crippen LogP contribution is -2.55. The van der Waals surface area contributed by atoms with E-state index in [9.17, 15) is 5.11 Å². The van der Waals surface area contributed by atoms with Gasteiger partial charge in [-0.05, 0) is 73.5 Å². The highest BCUT2D eigenvalue weighted by Gasteiger charge is 2.59. The molecule has 3 fully saturated rings. The summed E-state index contributed by atoms with van der Waals surface area (Å²) in [5.74, 6) is 2.22. The molecule has 1 heteroatoms. The van der Waals surface area contributed by atoms with Gasteiger partial charge in [-0.2, -0.15) is 0 Å². The average molecular weight is 288 g/mol. The van der Waals surface area contributed by atoms with E-state index in [0.29, 0.717) is 16.7 Å². The zero-order chi connectivity index (χ0) is 14.7. The van der Waals surface area contributed by atoms with Gasteiger partial charge < -0.3 is 5.11 Å². The van der Waals surface area contributed by atoms with E-state index in [0.717, 1.165) is 18.3 Å². The van der Waals surface area contributed by atoms with Crippen molar-refractivity contribution < 1.29 is 5.11 Å². The molecule has 0 aromatic heterocycles. The van der Waals surface area contributed by atoms with Crippen LogP contribution in [-0.4, -0.2) is 11.2 Å². The molecule has 0 bridgehead atoms. The van der Waals surface area contributed by atoms with Gasteiger partial charge in [0.2, 0.25) is 0 Å². The van der Waals surface area contributed by atoms with Gasteiger partial charge in [-0.3, -0.25) is 0 Å². The van der Waals surface area contributed by atoms with Gasteiger partial charge in [0.25, 0.3) is 0 Å². The van der Waals surface area contributed by atoms with Crippen molar-refractivity contribution in [2.45, 2.75) is 84.2 Å². The van der Waals surface area contributed by atoms with Crippen LogP contribution in [0.15, 0.2) is 11.6 Å². The number of hydrogen-bond acceptors (Lipinski definition) is 1. The number of allylic oxidation sites excluding steroid dienone is 2. The summed E-state index contributed by atoms with van der Waals surface area (Å²) in [6, 6.07) is 0. The van der Waals surface area contributed by atoms with Gasteiger partial charge in [0.15, 0.2) is 0 Å². The Kier molecular flexibility index (Phi) is 3.30. The van der Waals surface area contributed by atoms with Gasteiger partial charge in [0, 0.05) is 0 Å². The summed E-state index contributed by atoms with van der Waals surface area (Å²) in [5.41, 5.74) is 2.51. The molecule has 0 saturated heterocycles. The van der Waals surface area contributed by atoms with Crippen molar-refractivity contribution in [3.05, 3.63) is 11.6 Å². The standard InChI is InChI=1S/C20H32O/c1-3-20-12-6-8-16(20)15-10-9-14-7-4-5-11-19(14,2)18(15)17(21)13-20/h9,15-18,21H,3-8,10-13H2,1-2H3/t15-,16-,17-,18+,19-,20-/m0/s1. The SMILES string of the molecule is CC[C@@]12CCC[C@H]1[C@@H]1CC=C3CCCC[C@]3(C)[C@H]1[C@@H](O)C2. The Morgan fingerprint density at radius 3 is 2.90 bits per heavy atom. The van der Waals surface area contributed by atoms with E-state index in [1.54, 1.807) is 5.57 Å². The molecule has 0 heterocycles. The van der Waals surface area contributed by atoms with Crippen LogP contribution in [0.1, 0.15) is 78.1 Å². The first-order valence-corrected chi connectivity index (χ1v) is 9.48. The van der Waals surface area contributed by atoms with Crippen LogP contribution in [0.5, 0.6) is 0 Å². The number of fused-ring (bicyclic) bond motifs is 5. The van der Waals surface area contributed by atoms with E-state index in [4.69, 9.17) is 0 Å². The van der Waals surface area contributed by atoms with Crippen LogP contribution in [0.2, 0.25) is 0 Å². The number of rotatable bonds is 1. The third-order valence-electron chi connectivity index (χ3n) is 8.19. The lowest BCUT2D eigenvalue weighted by Gasteiger charge is -2.59. The summed E-state index contributed by atoms with van der Waals surface area (Å²) in [5, 5.41) is 11.1. The highest BCUT2D eigenvalue weighted by atomic mass is 16.3. The zero-order valence-corrected chi connectivity index (χ0v) is 13.9. The van der Waals surface area contributed by atoms with Crippen molar-refractivity contribution in [1.29, 1.82) is 0 Å². The molecule has 4 aliphatic rings. The molecule has 0 spiro atoms. The monoisotopic (exact) mass is 288 g/mol. The van der Waals surface area contributed by atoms with Crippen molar-refractivity contribution in [2.75, 3.05) is 0 Å². The summed E-state index contributed by atoms with van der Waals surface area (Å²) in [7, 11) is 0. The minimum absolute atomic E-state index is 0.0453. The highest BCUT2D eigenvalue weighted by molar-refractivity contribution is 5.25. The van der Waals surface area contributed by atoms with Crippen LogP contribution in [-0.2, 0) is 0 Å². The summed E-state index contributed by atoms with van der Waals surface area (Å²) in [6.45, 7) is 4.86. The quantitative estimate of drug-likeness (QED) is 0.666. The molecule has 0 aromatic rings. The van der Waals surface area contributed by atoms with Crippen LogP contribution in [0, 0.1) is 28.6 Å². The Morgan fingerprint density at radius 2 is 2.10 bits per heavy atom. The first-order valence-electron chi connectivity index (χ1n) is 9.48. The normalized spacial score (nSPS) is 52.6. The maximum atomic E-state index is 11.1. The number of hydrogen-bond donors (Lipinski definition) is 1. The molecule has 0 unspecified atom stereocenters. The van der Waals surface area contributed by atoms with Crippen molar-refractivity contribution in [1.82, 2.24) is 0 Å². The molecule has 6 atom stereocenters. The molecule has 0 amide bonds. The smallest absolute Gasteiger partial charge is 0.0585 e. The third-order valence-corrected chi connectivity index (χ3v) is 8.19. The Balaban J connectivity index is 1.74. The first kappa shape index (κ1) is 14.3. The molecular formula is C20H32O. The van der Waals surface area contributed by atoms with Gasteiger partial charge in [-0.25, -0.2) is 0 Å².